The molecule has 0 spiro atoms. The summed E-state index contributed by atoms with van der Waals surface area (Å²) < 4.78 is 18.1. The van der Waals surface area contributed by atoms with E-state index in [2.05, 4.69) is 25.7 Å². The standard InChI is InChI=1S/C18H12FN5O2/c19-13-3-1-12(2-4-13)16-9-15(24-26-16)18(25)21-17-10-14(22-23-17)11-5-7-20-8-6-11/h1-10H,(H2,21,22,23,25). The molecule has 4 aromatic rings. The monoisotopic (exact) mass is 349 g/mol. The van der Waals surface area contributed by atoms with Crippen molar-refractivity contribution in [2.75, 3.05) is 5.32 Å². The zero-order chi connectivity index (χ0) is 17.9. The molecule has 3 heterocycles. The van der Waals surface area contributed by atoms with Crippen LogP contribution in [0.15, 0.2) is 65.4 Å². The minimum Gasteiger partial charge on any atom is -0.355 e. The first-order valence-electron chi connectivity index (χ1n) is 7.69. The van der Waals surface area contributed by atoms with E-state index in [1.165, 1.54) is 18.2 Å². The molecule has 1 aromatic carbocycles. The molecular formula is C18H12FN5O2. The molecule has 0 saturated heterocycles. The van der Waals surface area contributed by atoms with Gasteiger partial charge in [-0.25, -0.2) is 4.39 Å². The zero-order valence-corrected chi connectivity index (χ0v) is 13.3. The number of nitrogens with one attached hydrogen (secondary N) is 2. The Bertz CT molecular complexity index is 1040. The van der Waals surface area contributed by atoms with Crippen LogP contribution in [0, 0.1) is 5.82 Å². The van der Waals surface area contributed by atoms with Crippen LogP contribution in [0.25, 0.3) is 22.6 Å². The quantitative estimate of drug-likeness (QED) is 0.587. The highest BCUT2D eigenvalue weighted by Gasteiger charge is 2.15. The van der Waals surface area contributed by atoms with E-state index in [0.717, 1.165) is 11.3 Å². The average molecular weight is 349 g/mol. The highest BCUT2D eigenvalue weighted by Crippen LogP contribution is 2.22. The van der Waals surface area contributed by atoms with E-state index in [9.17, 15) is 9.18 Å². The number of amides is 1. The molecule has 4 rings (SSSR count). The van der Waals surface area contributed by atoms with Crippen LogP contribution in [0.4, 0.5) is 10.2 Å². The number of halogens is 1. The molecule has 0 radical (unpaired) electrons. The Morgan fingerprint density at radius 1 is 1.04 bits per heavy atom. The Balaban J connectivity index is 1.49. The molecule has 8 heteroatoms. The van der Waals surface area contributed by atoms with Crippen molar-refractivity contribution in [1.82, 2.24) is 20.3 Å². The number of rotatable bonds is 4. The van der Waals surface area contributed by atoms with Crippen molar-refractivity contribution in [1.29, 1.82) is 0 Å². The summed E-state index contributed by atoms with van der Waals surface area (Å²) in [6.07, 6.45) is 3.33. The van der Waals surface area contributed by atoms with Gasteiger partial charge < -0.3 is 9.84 Å². The van der Waals surface area contributed by atoms with Gasteiger partial charge in [0.05, 0.1) is 5.69 Å². The number of anilines is 1. The highest BCUT2D eigenvalue weighted by atomic mass is 19.1. The number of hydrogen-bond donors (Lipinski definition) is 2. The van der Waals surface area contributed by atoms with Crippen molar-refractivity contribution in [3.63, 3.8) is 0 Å². The van der Waals surface area contributed by atoms with Crippen molar-refractivity contribution in [2.45, 2.75) is 0 Å². The van der Waals surface area contributed by atoms with Gasteiger partial charge in [-0.15, -0.1) is 0 Å². The van der Waals surface area contributed by atoms with E-state index in [-0.39, 0.29) is 11.5 Å². The SMILES string of the molecule is O=C(Nc1cc(-c2ccncc2)[nH]n1)c1cc(-c2ccc(F)cc2)on1. The minimum absolute atomic E-state index is 0.0952. The third-order valence-corrected chi connectivity index (χ3v) is 3.68. The normalized spacial score (nSPS) is 10.7. The molecule has 1 amide bonds. The topological polar surface area (TPSA) is 96.7 Å². The average Bonchev–Trinajstić information content (AvgIpc) is 3.33. The molecule has 0 atom stereocenters. The first kappa shape index (κ1) is 15.7. The van der Waals surface area contributed by atoms with E-state index in [1.807, 2.05) is 12.1 Å². The number of carbonyl (C=O) groups is 1. The van der Waals surface area contributed by atoms with E-state index < -0.39 is 5.91 Å². The highest BCUT2D eigenvalue weighted by molar-refractivity contribution is 6.03. The van der Waals surface area contributed by atoms with Crippen LogP contribution < -0.4 is 5.32 Å². The Morgan fingerprint density at radius 3 is 2.58 bits per heavy atom. The summed E-state index contributed by atoms with van der Waals surface area (Å²) in [5.41, 5.74) is 2.36. The second-order valence-corrected chi connectivity index (χ2v) is 5.44. The third-order valence-electron chi connectivity index (χ3n) is 3.68. The van der Waals surface area contributed by atoms with Crippen molar-refractivity contribution >= 4 is 11.7 Å². The number of nitrogens with zero attached hydrogens (tertiary/aromatic N) is 3. The molecule has 0 bridgehead atoms. The van der Waals surface area contributed by atoms with Gasteiger partial charge >= 0.3 is 0 Å². The first-order chi connectivity index (χ1) is 12.7. The van der Waals surface area contributed by atoms with Gasteiger partial charge in [-0.3, -0.25) is 14.9 Å². The summed E-state index contributed by atoms with van der Waals surface area (Å²) in [5, 5.41) is 13.3. The van der Waals surface area contributed by atoms with Crippen LogP contribution in [-0.2, 0) is 0 Å². The number of aromatic nitrogens is 4. The van der Waals surface area contributed by atoms with Gasteiger partial charge in [-0.1, -0.05) is 5.16 Å². The maximum atomic E-state index is 13.0. The van der Waals surface area contributed by atoms with Crippen molar-refractivity contribution < 1.29 is 13.7 Å². The van der Waals surface area contributed by atoms with Crippen LogP contribution in [0.3, 0.4) is 0 Å². The van der Waals surface area contributed by atoms with Gasteiger partial charge in [0.2, 0.25) is 0 Å². The van der Waals surface area contributed by atoms with E-state index in [0.29, 0.717) is 17.1 Å². The minimum atomic E-state index is -0.463. The summed E-state index contributed by atoms with van der Waals surface area (Å²) in [5.74, 6) is -0.0903. The second kappa shape index (κ2) is 6.60. The van der Waals surface area contributed by atoms with Crippen LogP contribution in [-0.4, -0.2) is 26.2 Å². The molecule has 0 aliphatic carbocycles. The van der Waals surface area contributed by atoms with Gasteiger partial charge in [-0.05, 0) is 36.4 Å². The number of benzene rings is 1. The molecule has 0 aliphatic heterocycles. The summed E-state index contributed by atoms with van der Waals surface area (Å²) in [6, 6.07) is 12.5. The van der Waals surface area contributed by atoms with Crippen molar-refractivity contribution in [2.24, 2.45) is 0 Å². The van der Waals surface area contributed by atoms with Crippen LogP contribution in [0.5, 0.6) is 0 Å². The molecule has 0 unspecified atom stereocenters. The largest absolute Gasteiger partial charge is 0.355 e. The van der Waals surface area contributed by atoms with Crippen molar-refractivity contribution in [3.8, 4) is 22.6 Å². The van der Waals surface area contributed by atoms with E-state index in [4.69, 9.17) is 4.52 Å². The molecule has 7 nitrogen and oxygen atoms in total. The smallest absolute Gasteiger partial charge is 0.279 e. The molecule has 0 fully saturated rings. The molecule has 3 aromatic heterocycles. The number of pyridine rings is 1. The first-order valence-corrected chi connectivity index (χ1v) is 7.69. The third kappa shape index (κ3) is 3.20. The van der Waals surface area contributed by atoms with Crippen molar-refractivity contribution in [3.05, 3.63) is 72.4 Å². The Kier molecular flexibility index (Phi) is 3.98. The molecule has 2 N–H and O–H groups in total. The second-order valence-electron chi connectivity index (χ2n) is 5.44. The Morgan fingerprint density at radius 2 is 1.81 bits per heavy atom. The summed E-state index contributed by atoms with van der Waals surface area (Å²) in [4.78, 5) is 16.3. The Hall–Kier alpha value is -3.81. The molecule has 0 saturated carbocycles. The zero-order valence-electron chi connectivity index (χ0n) is 13.3. The fourth-order valence-corrected chi connectivity index (χ4v) is 2.38. The van der Waals surface area contributed by atoms with Gasteiger partial charge in [0.25, 0.3) is 5.91 Å². The number of H-pyrrole nitrogens is 1. The van der Waals surface area contributed by atoms with Gasteiger partial charge in [0.15, 0.2) is 17.3 Å². The predicted octanol–water partition coefficient (Wildman–Crippen LogP) is 3.52. The predicted molar refractivity (Wildman–Crippen MR) is 91.7 cm³/mol. The van der Waals surface area contributed by atoms with E-state index >= 15 is 0 Å². The Labute approximate surface area is 146 Å². The molecule has 0 aliphatic rings. The van der Waals surface area contributed by atoms with Gasteiger partial charge in [-0.2, -0.15) is 5.10 Å². The lowest BCUT2D eigenvalue weighted by atomic mass is 10.1. The lowest BCUT2D eigenvalue weighted by Gasteiger charge is -1.96. The lowest BCUT2D eigenvalue weighted by Crippen LogP contribution is -2.12. The maximum Gasteiger partial charge on any atom is 0.279 e. The molecule has 128 valence electrons. The summed E-state index contributed by atoms with van der Waals surface area (Å²) >= 11 is 0. The number of hydrogen-bond acceptors (Lipinski definition) is 5. The van der Waals surface area contributed by atoms with Crippen LogP contribution >= 0.6 is 0 Å². The maximum absolute atomic E-state index is 13.0. The van der Waals surface area contributed by atoms with Crippen LogP contribution in [0.1, 0.15) is 10.5 Å². The fourth-order valence-electron chi connectivity index (χ4n) is 2.38. The number of carbonyl (C=O) groups excluding carboxylic acids is 1. The molecular weight excluding hydrogens is 337 g/mol. The fraction of sp³-hybridized carbons (Fsp3) is 0. The summed E-state index contributed by atoms with van der Waals surface area (Å²) in [6.45, 7) is 0. The lowest BCUT2D eigenvalue weighted by molar-refractivity contribution is 0.101. The van der Waals surface area contributed by atoms with Gasteiger partial charge in [0.1, 0.15) is 5.82 Å². The van der Waals surface area contributed by atoms with Crippen LogP contribution in [0.2, 0.25) is 0 Å². The van der Waals surface area contributed by atoms with Gasteiger partial charge in [0, 0.05) is 35.7 Å². The molecule has 26 heavy (non-hydrogen) atoms. The van der Waals surface area contributed by atoms with E-state index in [1.54, 1.807) is 30.6 Å². The summed E-state index contributed by atoms with van der Waals surface area (Å²) in [7, 11) is 0. The number of aromatic amines is 1.